The maximum Gasteiger partial charge on any atom is 0.0600 e. The molecule has 1 saturated heterocycles. The van der Waals surface area contributed by atoms with Crippen molar-refractivity contribution in [2.45, 2.75) is 25.9 Å². The normalized spacial score (nSPS) is 21.5. The molecule has 1 heterocycles. The molecule has 0 spiro atoms. The van der Waals surface area contributed by atoms with E-state index in [2.05, 4.69) is 11.8 Å². The standard InChI is InChI=1S/C9H20N2O/c1-2-11-6-3-9(4-7-11)12-8-5-10/h9H,2-8,10H2,1H3. The molecule has 0 unspecified atom stereocenters. The highest BCUT2D eigenvalue weighted by molar-refractivity contribution is 4.71. The Labute approximate surface area is 74.9 Å². The number of piperidine rings is 1. The minimum atomic E-state index is 0.469. The molecule has 0 radical (unpaired) electrons. The van der Waals surface area contributed by atoms with Crippen molar-refractivity contribution < 1.29 is 4.74 Å². The van der Waals surface area contributed by atoms with Gasteiger partial charge in [-0.3, -0.25) is 0 Å². The van der Waals surface area contributed by atoms with Crippen molar-refractivity contribution in [1.82, 2.24) is 4.90 Å². The Balaban J connectivity index is 2.09. The molecule has 0 aromatic heterocycles. The van der Waals surface area contributed by atoms with Gasteiger partial charge in [0.25, 0.3) is 0 Å². The summed E-state index contributed by atoms with van der Waals surface area (Å²) in [7, 11) is 0. The number of hydrogen-bond acceptors (Lipinski definition) is 3. The zero-order valence-corrected chi connectivity index (χ0v) is 7.96. The van der Waals surface area contributed by atoms with Gasteiger partial charge in [-0.2, -0.15) is 0 Å². The molecule has 1 aliphatic heterocycles. The van der Waals surface area contributed by atoms with E-state index in [1.807, 2.05) is 0 Å². The summed E-state index contributed by atoms with van der Waals surface area (Å²) in [5.41, 5.74) is 5.36. The second-order valence-corrected chi connectivity index (χ2v) is 3.29. The Kier molecular flexibility index (Phi) is 4.58. The second-order valence-electron chi connectivity index (χ2n) is 3.29. The van der Waals surface area contributed by atoms with Crippen LogP contribution in [0.25, 0.3) is 0 Å². The number of ether oxygens (including phenoxy) is 1. The van der Waals surface area contributed by atoms with Crippen LogP contribution >= 0.6 is 0 Å². The Morgan fingerprint density at radius 2 is 2.08 bits per heavy atom. The third-order valence-electron chi connectivity index (χ3n) is 2.45. The number of nitrogens with two attached hydrogens (primary N) is 1. The van der Waals surface area contributed by atoms with Crippen molar-refractivity contribution in [3.63, 3.8) is 0 Å². The van der Waals surface area contributed by atoms with E-state index < -0.39 is 0 Å². The molecule has 1 rings (SSSR count). The van der Waals surface area contributed by atoms with E-state index in [1.165, 1.54) is 32.5 Å². The fraction of sp³-hybridized carbons (Fsp3) is 1.00. The minimum Gasteiger partial charge on any atom is -0.377 e. The molecule has 1 aliphatic rings. The van der Waals surface area contributed by atoms with Gasteiger partial charge in [-0.25, -0.2) is 0 Å². The molecule has 0 bridgehead atoms. The van der Waals surface area contributed by atoms with Crippen molar-refractivity contribution in [2.75, 3.05) is 32.8 Å². The fourth-order valence-electron chi connectivity index (χ4n) is 1.63. The highest BCUT2D eigenvalue weighted by atomic mass is 16.5. The van der Waals surface area contributed by atoms with Crippen LogP contribution in [-0.2, 0) is 4.74 Å². The van der Waals surface area contributed by atoms with Gasteiger partial charge < -0.3 is 15.4 Å². The van der Waals surface area contributed by atoms with Crippen molar-refractivity contribution >= 4 is 0 Å². The molecular formula is C9H20N2O. The van der Waals surface area contributed by atoms with Crippen LogP contribution in [0.15, 0.2) is 0 Å². The van der Waals surface area contributed by atoms with Gasteiger partial charge in [0.05, 0.1) is 12.7 Å². The van der Waals surface area contributed by atoms with E-state index >= 15 is 0 Å². The van der Waals surface area contributed by atoms with Crippen molar-refractivity contribution in [1.29, 1.82) is 0 Å². The van der Waals surface area contributed by atoms with Gasteiger partial charge in [0, 0.05) is 19.6 Å². The molecule has 72 valence electrons. The lowest BCUT2D eigenvalue weighted by atomic mass is 10.1. The predicted octanol–water partition coefficient (Wildman–Crippen LogP) is 0.446. The Hall–Kier alpha value is -0.120. The average Bonchev–Trinajstić information content (AvgIpc) is 2.15. The monoisotopic (exact) mass is 172 g/mol. The Bertz CT molecular complexity index is 111. The lowest BCUT2D eigenvalue weighted by Crippen LogP contribution is -2.37. The third-order valence-corrected chi connectivity index (χ3v) is 2.45. The van der Waals surface area contributed by atoms with Crippen LogP contribution in [0.1, 0.15) is 19.8 Å². The third kappa shape index (κ3) is 3.09. The smallest absolute Gasteiger partial charge is 0.0600 e. The molecule has 1 fully saturated rings. The maximum atomic E-state index is 5.57. The second kappa shape index (κ2) is 5.51. The summed E-state index contributed by atoms with van der Waals surface area (Å²) in [6, 6.07) is 0. The van der Waals surface area contributed by atoms with Gasteiger partial charge in [0.15, 0.2) is 0 Å². The molecule has 0 saturated carbocycles. The quantitative estimate of drug-likeness (QED) is 0.669. The van der Waals surface area contributed by atoms with Crippen LogP contribution in [0.3, 0.4) is 0 Å². The van der Waals surface area contributed by atoms with E-state index in [1.54, 1.807) is 0 Å². The molecular weight excluding hydrogens is 152 g/mol. The zero-order valence-electron chi connectivity index (χ0n) is 7.96. The first-order valence-electron chi connectivity index (χ1n) is 4.90. The van der Waals surface area contributed by atoms with Gasteiger partial charge in [0.2, 0.25) is 0 Å². The summed E-state index contributed by atoms with van der Waals surface area (Å²) in [5, 5.41) is 0. The first-order chi connectivity index (χ1) is 5.86. The summed E-state index contributed by atoms with van der Waals surface area (Å²) in [5.74, 6) is 0. The van der Waals surface area contributed by atoms with Crippen LogP contribution in [-0.4, -0.2) is 43.8 Å². The van der Waals surface area contributed by atoms with E-state index in [0.29, 0.717) is 12.6 Å². The van der Waals surface area contributed by atoms with Gasteiger partial charge in [-0.05, 0) is 19.4 Å². The van der Waals surface area contributed by atoms with Crippen LogP contribution in [0.4, 0.5) is 0 Å². The van der Waals surface area contributed by atoms with E-state index in [4.69, 9.17) is 10.5 Å². The van der Waals surface area contributed by atoms with Gasteiger partial charge in [-0.15, -0.1) is 0 Å². The molecule has 0 aliphatic carbocycles. The molecule has 0 aromatic carbocycles. The fourth-order valence-corrected chi connectivity index (χ4v) is 1.63. The van der Waals surface area contributed by atoms with Crippen molar-refractivity contribution in [2.24, 2.45) is 5.73 Å². The first kappa shape index (κ1) is 9.96. The molecule has 0 atom stereocenters. The van der Waals surface area contributed by atoms with Gasteiger partial charge in [0.1, 0.15) is 0 Å². The van der Waals surface area contributed by atoms with Gasteiger partial charge >= 0.3 is 0 Å². The minimum absolute atomic E-state index is 0.469. The van der Waals surface area contributed by atoms with E-state index in [0.717, 1.165) is 6.61 Å². The summed E-state index contributed by atoms with van der Waals surface area (Å²) < 4.78 is 5.57. The van der Waals surface area contributed by atoms with Crippen LogP contribution in [0, 0.1) is 0 Å². The lowest BCUT2D eigenvalue weighted by Gasteiger charge is -2.30. The first-order valence-corrected chi connectivity index (χ1v) is 4.90. The summed E-state index contributed by atoms with van der Waals surface area (Å²) in [4.78, 5) is 2.46. The highest BCUT2D eigenvalue weighted by Gasteiger charge is 2.17. The summed E-state index contributed by atoms with van der Waals surface area (Å²) in [6.07, 6.45) is 2.82. The van der Waals surface area contributed by atoms with Crippen molar-refractivity contribution in [3.8, 4) is 0 Å². The Morgan fingerprint density at radius 3 is 2.58 bits per heavy atom. The van der Waals surface area contributed by atoms with Crippen LogP contribution in [0.5, 0.6) is 0 Å². The van der Waals surface area contributed by atoms with Gasteiger partial charge in [-0.1, -0.05) is 6.92 Å². The molecule has 0 aromatic rings. The zero-order chi connectivity index (χ0) is 8.81. The Morgan fingerprint density at radius 1 is 1.42 bits per heavy atom. The van der Waals surface area contributed by atoms with E-state index in [-0.39, 0.29) is 0 Å². The van der Waals surface area contributed by atoms with E-state index in [9.17, 15) is 0 Å². The molecule has 12 heavy (non-hydrogen) atoms. The average molecular weight is 172 g/mol. The largest absolute Gasteiger partial charge is 0.377 e. The highest BCUT2D eigenvalue weighted by Crippen LogP contribution is 2.12. The number of hydrogen-bond donors (Lipinski definition) is 1. The van der Waals surface area contributed by atoms with Crippen LogP contribution < -0.4 is 5.73 Å². The SMILES string of the molecule is CCN1CCC(OCCN)CC1. The number of likely N-dealkylation sites (tertiary alicyclic amines) is 1. The summed E-state index contributed by atoms with van der Waals surface area (Å²) >= 11 is 0. The number of nitrogens with zero attached hydrogens (tertiary/aromatic N) is 1. The number of rotatable bonds is 4. The summed E-state index contributed by atoms with van der Waals surface area (Å²) in [6.45, 7) is 7.12. The van der Waals surface area contributed by atoms with Crippen molar-refractivity contribution in [3.05, 3.63) is 0 Å². The molecule has 3 heteroatoms. The molecule has 3 nitrogen and oxygen atoms in total. The lowest BCUT2D eigenvalue weighted by molar-refractivity contribution is 0.0126. The molecule has 2 N–H and O–H groups in total. The predicted molar refractivity (Wildman–Crippen MR) is 50.1 cm³/mol. The van der Waals surface area contributed by atoms with Crippen LogP contribution in [0.2, 0.25) is 0 Å². The molecule has 0 amide bonds. The maximum absolute atomic E-state index is 5.57. The topological polar surface area (TPSA) is 38.5 Å².